The van der Waals surface area contributed by atoms with E-state index in [2.05, 4.69) is 4.98 Å². The van der Waals surface area contributed by atoms with Gasteiger partial charge < -0.3 is 15.1 Å². The van der Waals surface area contributed by atoms with Gasteiger partial charge in [0.2, 0.25) is 0 Å². The van der Waals surface area contributed by atoms with Gasteiger partial charge in [0, 0.05) is 18.9 Å². The Kier molecular flexibility index (Phi) is 2.97. The van der Waals surface area contributed by atoms with Gasteiger partial charge in [-0.1, -0.05) is 0 Å². The van der Waals surface area contributed by atoms with Crippen molar-refractivity contribution in [3.63, 3.8) is 0 Å². The molecule has 20 heavy (non-hydrogen) atoms. The summed E-state index contributed by atoms with van der Waals surface area (Å²) in [4.78, 5) is 29.1. The zero-order chi connectivity index (χ0) is 14.3. The summed E-state index contributed by atoms with van der Waals surface area (Å²) in [5.74, 6) is -1.50. The molecule has 6 heteroatoms. The van der Waals surface area contributed by atoms with Crippen LogP contribution in [-0.2, 0) is 21.6 Å². The molecular formula is C14H16N2O4. The average Bonchev–Trinajstić information content (AvgIpc) is 3.05. The monoisotopic (exact) mass is 276 g/mol. The minimum atomic E-state index is -1.60. The van der Waals surface area contributed by atoms with E-state index in [9.17, 15) is 14.7 Å². The summed E-state index contributed by atoms with van der Waals surface area (Å²) >= 11 is 0. The number of nitrogens with zero attached hydrogens (tertiary/aromatic N) is 2. The number of aliphatic carboxylic acids is 1. The molecule has 2 atom stereocenters. The highest BCUT2D eigenvalue weighted by molar-refractivity contribution is 5.91. The molecule has 0 saturated carbocycles. The van der Waals surface area contributed by atoms with Crippen molar-refractivity contribution < 1.29 is 19.8 Å². The Labute approximate surface area is 116 Å². The van der Waals surface area contributed by atoms with E-state index in [1.165, 1.54) is 4.90 Å². The van der Waals surface area contributed by atoms with Crippen molar-refractivity contribution in [2.45, 2.75) is 37.3 Å². The van der Waals surface area contributed by atoms with Gasteiger partial charge in [0.25, 0.3) is 5.91 Å². The Morgan fingerprint density at radius 3 is 3.00 bits per heavy atom. The van der Waals surface area contributed by atoms with Crippen molar-refractivity contribution in [2.75, 3.05) is 6.54 Å². The molecule has 3 rings (SSSR count). The largest absolute Gasteiger partial charge is 0.480 e. The van der Waals surface area contributed by atoms with Crippen molar-refractivity contribution in [2.24, 2.45) is 0 Å². The molecule has 0 spiro atoms. The van der Waals surface area contributed by atoms with Gasteiger partial charge >= 0.3 is 5.97 Å². The number of hydrogen-bond donors (Lipinski definition) is 2. The number of carboxylic acid groups (broad SMARTS) is 1. The smallest absolute Gasteiger partial charge is 0.326 e. The topological polar surface area (TPSA) is 90.7 Å². The van der Waals surface area contributed by atoms with Gasteiger partial charge in [-0.25, -0.2) is 4.79 Å². The van der Waals surface area contributed by atoms with Gasteiger partial charge in [-0.3, -0.25) is 9.78 Å². The quantitative estimate of drug-likeness (QED) is 0.810. The van der Waals surface area contributed by atoms with Crippen LogP contribution in [0, 0.1) is 0 Å². The van der Waals surface area contributed by atoms with E-state index < -0.39 is 23.5 Å². The first-order valence-electron chi connectivity index (χ1n) is 6.73. The molecule has 1 unspecified atom stereocenters. The number of aryl methyl sites for hydroxylation is 1. The van der Waals surface area contributed by atoms with Gasteiger partial charge in [0.15, 0.2) is 5.60 Å². The summed E-state index contributed by atoms with van der Waals surface area (Å²) in [5.41, 5.74) is -0.181. The number of rotatable bonds is 2. The van der Waals surface area contributed by atoms with Gasteiger partial charge in [-0.15, -0.1) is 0 Å². The second kappa shape index (κ2) is 4.56. The third-order valence-corrected chi connectivity index (χ3v) is 4.26. The summed E-state index contributed by atoms with van der Waals surface area (Å²) < 4.78 is 0. The summed E-state index contributed by atoms with van der Waals surface area (Å²) in [6.07, 6.45) is 5.16. The van der Waals surface area contributed by atoms with E-state index in [4.69, 9.17) is 5.11 Å². The van der Waals surface area contributed by atoms with Gasteiger partial charge in [0.05, 0.1) is 0 Å². The Hall–Kier alpha value is -1.95. The van der Waals surface area contributed by atoms with Crippen LogP contribution in [0.4, 0.5) is 0 Å². The molecule has 1 aromatic rings. The molecule has 1 saturated heterocycles. The molecule has 1 aliphatic carbocycles. The number of pyridine rings is 1. The van der Waals surface area contributed by atoms with E-state index in [1.807, 2.05) is 0 Å². The second-order valence-corrected chi connectivity index (χ2v) is 5.39. The number of aliphatic hydroxyl groups is 1. The van der Waals surface area contributed by atoms with Gasteiger partial charge in [-0.2, -0.15) is 0 Å². The molecule has 1 aliphatic heterocycles. The minimum Gasteiger partial charge on any atom is -0.480 e. The van der Waals surface area contributed by atoms with Crippen LogP contribution in [-0.4, -0.2) is 44.6 Å². The third kappa shape index (κ3) is 1.79. The number of fused-ring (bicyclic) bond motifs is 1. The highest BCUT2D eigenvalue weighted by Crippen LogP contribution is 2.39. The normalized spacial score (nSPS) is 28.4. The molecule has 6 nitrogen and oxygen atoms in total. The summed E-state index contributed by atoms with van der Waals surface area (Å²) in [6.45, 7) is 0.387. The lowest BCUT2D eigenvalue weighted by Crippen LogP contribution is -2.50. The highest BCUT2D eigenvalue weighted by Gasteiger charge is 2.49. The number of hydrogen-bond acceptors (Lipinski definition) is 4. The first-order chi connectivity index (χ1) is 9.54. The van der Waals surface area contributed by atoms with E-state index in [-0.39, 0.29) is 6.42 Å². The molecule has 2 heterocycles. The lowest BCUT2D eigenvalue weighted by Gasteiger charge is -2.30. The Balaban J connectivity index is 1.93. The molecule has 106 valence electrons. The van der Waals surface area contributed by atoms with Crippen molar-refractivity contribution in [3.05, 3.63) is 29.6 Å². The number of carboxylic acids is 1. The van der Waals surface area contributed by atoms with Crippen molar-refractivity contribution >= 4 is 11.9 Å². The standard InChI is InChI=1S/C14H16N2O4/c17-12(18)11-2-1-7-16(11)13(19)14(20)5-3-9-8-15-6-4-10(9)14/h4,6,8,11,20H,1-3,5,7H2,(H,17,18)/t11-,14?/m0/s1. The molecule has 2 N–H and O–H groups in total. The highest BCUT2D eigenvalue weighted by atomic mass is 16.4. The van der Waals surface area contributed by atoms with Crippen LogP contribution in [0.2, 0.25) is 0 Å². The van der Waals surface area contributed by atoms with Crippen LogP contribution in [0.25, 0.3) is 0 Å². The fraction of sp³-hybridized carbons (Fsp3) is 0.500. The van der Waals surface area contributed by atoms with E-state index in [0.29, 0.717) is 31.4 Å². The SMILES string of the molecule is O=C(O)[C@@H]1CCCN1C(=O)C1(O)CCc2cnccc21. The van der Waals surface area contributed by atoms with Crippen molar-refractivity contribution in [1.29, 1.82) is 0 Å². The molecular weight excluding hydrogens is 260 g/mol. The molecule has 0 aromatic carbocycles. The molecule has 1 fully saturated rings. The second-order valence-electron chi connectivity index (χ2n) is 5.39. The van der Waals surface area contributed by atoms with E-state index in [1.54, 1.807) is 18.5 Å². The Morgan fingerprint density at radius 2 is 2.25 bits per heavy atom. The van der Waals surface area contributed by atoms with Crippen LogP contribution in [0.1, 0.15) is 30.4 Å². The maximum absolute atomic E-state index is 12.6. The zero-order valence-corrected chi connectivity index (χ0v) is 11.0. The predicted octanol–water partition coefficient (Wildman–Crippen LogP) is 0.291. The maximum Gasteiger partial charge on any atom is 0.326 e. The summed E-state index contributed by atoms with van der Waals surface area (Å²) in [5, 5.41) is 19.9. The molecule has 0 radical (unpaired) electrons. The number of likely N-dealkylation sites (tertiary alicyclic amines) is 1. The lowest BCUT2D eigenvalue weighted by atomic mass is 9.94. The number of carbonyl (C=O) groups excluding carboxylic acids is 1. The van der Waals surface area contributed by atoms with E-state index >= 15 is 0 Å². The molecule has 1 amide bonds. The molecule has 0 bridgehead atoms. The number of aromatic nitrogens is 1. The van der Waals surface area contributed by atoms with E-state index in [0.717, 1.165) is 5.56 Å². The summed E-state index contributed by atoms with van der Waals surface area (Å²) in [7, 11) is 0. The third-order valence-electron chi connectivity index (χ3n) is 4.26. The average molecular weight is 276 g/mol. The van der Waals surface area contributed by atoms with Gasteiger partial charge in [-0.05, 0) is 42.9 Å². The fourth-order valence-electron chi connectivity index (χ4n) is 3.21. The maximum atomic E-state index is 12.6. The first kappa shape index (κ1) is 13.1. The van der Waals surface area contributed by atoms with Gasteiger partial charge in [0.1, 0.15) is 6.04 Å². The minimum absolute atomic E-state index is 0.287. The lowest BCUT2D eigenvalue weighted by molar-refractivity contribution is -0.159. The van der Waals surface area contributed by atoms with Crippen molar-refractivity contribution in [3.8, 4) is 0 Å². The Bertz CT molecular complexity index is 574. The fourth-order valence-corrected chi connectivity index (χ4v) is 3.21. The molecule has 1 aromatic heterocycles. The van der Waals surface area contributed by atoms with Crippen LogP contribution in [0.15, 0.2) is 18.5 Å². The van der Waals surface area contributed by atoms with Crippen LogP contribution in [0.3, 0.4) is 0 Å². The molecule has 2 aliphatic rings. The summed E-state index contributed by atoms with van der Waals surface area (Å²) in [6, 6.07) is 0.823. The first-order valence-corrected chi connectivity index (χ1v) is 6.73. The zero-order valence-electron chi connectivity index (χ0n) is 11.0. The van der Waals surface area contributed by atoms with Crippen LogP contribution < -0.4 is 0 Å². The Morgan fingerprint density at radius 1 is 1.45 bits per heavy atom. The van der Waals surface area contributed by atoms with Crippen molar-refractivity contribution in [1.82, 2.24) is 9.88 Å². The van der Waals surface area contributed by atoms with Crippen LogP contribution >= 0.6 is 0 Å². The van der Waals surface area contributed by atoms with Crippen LogP contribution in [0.5, 0.6) is 0 Å². The predicted molar refractivity (Wildman–Crippen MR) is 68.8 cm³/mol. The number of amides is 1. The number of carbonyl (C=O) groups is 2.